The number of methoxy groups -OCH3 is 1. The molecule has 1 aromatic carbocycles. The Morgan fingerprint density at radius 1 is 1.30 bits per heavy atom. The van der Waals surface area contributed by atoms with Gasteiger partial charge in [0.25, 0.3) is 0 Å². The molecule has 0 saturated heterocycles. The summed E-state index contributed by atoms with van der Waals surface area (Å²) >= 11 is 7.28. The second-order valence-electron chi connectivity index (χ2n) is 4.74. The monoisotopic (exact) mass is 309 g/mol. The molecule has 0 bridgehead atoms. The molecule has 0 aliphatic heterocycles. The maximum atomic E-state index is 11.8. The summed E-state index contributed by atoms with van der Waals surface area (Å²) in [5, 5.41) is 0.678. The van der Waals surface area contributed by atoms with E-state index in [2.05, 4.69) is 13.8 Å². The maximum Gasteiger partial charge on any atom is 0.350 e. The predicted molar refractivity (Wildman–Crippen MR) is 84.6 cm³/mol. The standard InChI is InChI=1S/C15H16ClNO2S/c1-8(2)11-12(17)14(15(18)19-3)20-13(11)9-4-6-10(16)7-5-9/h4-8H,17H2,1-3H3. The lowest BCUT2D eigenvalue weighted by molar-refractivity contribution is 0.0607. The van der Waals surface area contributed by atoms with Crippen molar-refractivity contribution < 1.29 is 9.53 Å². The highest BCUT2D eigenvalue weighted by Gasteiger charge is 2.23. The topological polar surface area (TPSA) is 52.3 Å². The molecule has 0 atom stereocenters. The first kappa shape index (κ1) is 14.9. The van der Waals surface area contributed by atoms with Gasteiger partial charge in [-0.15, -0.1) is 11.3 Å². The summed E-state index contributed by atoms with van der Waals surface area (Å²) in [4.78, 5) is 13.2. The lowest BCUT2D eigenvalue weighted by Gasteiger charge is -2.09. The average molecular weight is 310 g/mol. The summed E-state index contributed by atoms with van der Waals surface area (Å²) in [7, 11) is 1.36. The zero-order valence-corrected chi connectivity index (χ0v) is 13.1. The molecule has 0 unspecified atom stereocenters. The fraction of sp³-hybridized carbons (Fsp3) is 0.267. The normalized spacial score (nSPS) is 10.8. The maximum absolute atomic E-state index is 11.8. The van der Waals surface area contributed by atoms with E-state index in [1.165, 1.54) is 18.4 Å². The van der Waals surface area contributed by atoms with Crippen LogP contribution in [0.4, 0.5) is 5.69 Å². The van der Waals surface area contributed by atoms with E-state index >= 15 is 0 Å². The summed E-state index contributed by atoms with van der Waals surface area (Å²) in [5.41, 5.74) is 8.64. The summed E-state index contributed by atoms with van der Waals surface area (Å²) < 4.78 is 4.79. The zero-order chi connectivity index (χ0) is 14.9. The molecule has 106 valence electrons. The highest BCUT2D eigenvalue weighted by Crippen LogP contribution is 2.43. The number of ether oxygens (including phenoxy) is 1. The molecule has 2 rings (SSSR count). The first-order valence-electron chi connectivity index (χ1n) is 6.22. The smallest absolute Gasteiger partial charge is 0.350 e. The number of hydrogen-bond donors (Lipinski definition) is 1. The fourth-order valence-electron chi connectivity index (χ4n) is 2.09. The molecule has 0 fully saturated rings. The van der Waals surface area contributed by atoms with Crippen molar-refractivity contribution in [1.82, 2.24) is 0 Å². The molecular formula is C15H16ClNO2S. The number of rotatable bonds is 3. The van der Waals surface area contributed by atoms with Crippen LogP contribution in [0.3, 0.4) is 0 Å². The van der Waals surface area contributed by atoms with Gasteiger partial charge in [-0.3, -0.25) is 0 Å². The Morgan fingerprint density at radius 2 is 1.90 bits per heavy atom. The van der Waals surface area contributed by atoms with E-state index in [0.717, 1.165) is 16.0 Å². The third-order valence-corrected chi connectivity index (χ3v) is 4.54. The van der Waals surface area contributed by atoms with E-state index in [1.54, 1.807) is 0 Å². The van der Waals surface area contributed by atoms with Crippen LogP contribution in [0.25, 0.3) is 10.4 Å². The van der Waals surface area contributed by atoms with E-state index in [-0.39, 0.29) is 5.92 Å². The molecule has 0 aliphatic carbocycles. The first-order chi connectivity index (χ1) is 9.45. The van der Waals surface area contributed by atoms with Crippen LogP contribution in [0.2, 0.25) is 5.02 Å². The minimum Gasteiger partial charge on any atom is -0.465 e. The number of halogens is 1. The predicted octanol–water partition coefficient (Wildman–Crippen LogP) is 4.56. The van der Waals surface area contributed by atoms with Gasteiger partial charge < -0.3 is 10.5 Å². The molecule has 5 heteroatoms. The lowest BCUT2D eigenvalue weighted by atomic mass is 9.98. The van der Waals surface area contributed by atoms with Crippen molar-refractivity contribution in [1.29, 1.82) is 0 Å². The van der Waals surface area contributed by atoms with Gasteiger partial charge in [-0.05, 0) is 29.2 Å². The Bertz CT molecular complexity index is 632. The van der Waals surface area contributed by atoms with E-state index in [0.29, 0.717) is 15.6 Å². The molecule has 1 aromatic heterocycles. The van der Waals surface area contributed by atoms with Gasteiger partial charge in [0.2, 0.25) is 0 Å². The highest BCUT2D eigenvalue weighted by atomic mass is 35.5. The van der Waals surface area contributed by atoms with Crippen molar-refractivity contribution in [3.8, 4) is 10.4 Å². The van der Waals surface area contributed by atoms with Crippen molar-refractivity contribution in [3.05, 3.63) is 39.7 Å². The van der Waals surface area contributed by atoms with Gasteiger partial charge in [-0.2, -0.15) is 0 Å². The number of hydrogen-bond acceptors (Lipinski definition) is 4. The van der Waals surface area contributed by atoms with E-state index in [9.17, 15) is 4.79 Å². The number of esters is 1. The van der Waals surface area contributed by atoms with Crippen molar-refractivity contribution >= 4 is 34.6 Å². The lowest BCUT2D eigenvalue weighted by Crippen LogP contribution is -2.03. The number of carbonyl (C=O) groups excluding carboxylic acids is 1. The summed E-state index contributed by atoms with van der Waals surface area (Å²) in [5.74, 6) is -0.176. The summed E-state index contributed by atoms with van der Waals surface area (Å²) in [6.45, 7) is 4.11. The van der Waals surface area contributed by atoms with Crippen LogP contribution in [0.1, 0.15) is 35.0 Å². The highest BCUT2D eigenvalue weighted by molar-refractivity contribution is 7.18. The second kappa shape index (κ2) is 5.85. The molecule has 0 spiro atoms. The number of thiophene rings is 1. The SMILES string of the molecule is COC(=O)c1sc(-c2ccc(Cl)cc2)c(C(C)C)c1N. The quantitative estimate of drug-likeness (QED) is 0.846. The number of nitrogen functional groups attached to an aromatic ring is 1. The van der Waals surface area contributed by atoms with E-state index in [4.69, 9.17) is 22.1 Å². The minimum atomic E-state index is -0.394. The van der Waals surface area contributed by atoms with Crippen molar-refractivity contribution in [3.63, 3.8) is 0 Å². The minimum absolute atomic E-state index is 0.218. The van der Waals surface area contributed by atoms with Crippen LogP contribution in [0.5, 0.6) is 0 Å². The van der Waals surface area contributed by atoms with Crippen molar-refractivity contribution in [2.24, 2.45) is 0 Å². The molecule has 2 N–H and O–H groups in total. The third-order valence-electron chi connectivity index (χ3n) is 3.04. The molecular weight excluding hydrogens is 294 g/mol. The van der Waals surface area contributed by atoms with Crippen LogP contribution in [0.15, 0.2) is 24.3 Å². The molecule has 2 aromatic rings. The first-order valence-corrected chi connectivity index (χ1v) is 7.41. The molecule has 1 heterocycles. The summed E-state index contributed by atoms with van der Waals surface area (Å²) in [6.07, 6.45) is 0. The number of carbonyl (C=O) groups is 1. The van der Waals surface area contributed by atoms with Crippen LogP contribution in [0, 0.1) is 0 Å². The van der Waals surface area contributed by atoms with Crippen molar-refractivity contribution in [2.45, 2.75) is 19.8 Å². The number of anilines is 1. The molecule has 0 radical (unpaired) electrons. The summed E-state index contributed by atoms with van der Waals surface area (Å²) in [6, 6.07) is 7.52. The third kappa shape index (κ3) is 2.67. The zero-order valence-electron chi connectivity index (χ0n) is 11.6. The van der Waals surface area contributed by atoms with Crippen LogP contribution in [-0.4, -0.2) is 13.1 Å². The van der Waals surface area contributed by atoms with Gasteiger partial charge >= 0.3 is 5.97 Å². The molecule has 0 saturated carbocycles. The Hall–Kier alpha value is -1.52. The Kier molecular flexibility index (Phi) is 4.35. The molecule has 3 nitrogen and oxygen atoms in total. The van der Waals surface area contributed by atoms with Gasteiger partial charge in [0, 0.05) is 9.90 Å². The molecule has 20 heavy (non-hydrogen) atoms. The van der Waals surface area contributed by atoms with Gasteiger partial charge in [0.05, 0.1) is 12.8 Å². The van der Waals surface area contributed by atoms with Gasteiger partial charge in [-0.1, -0.05) is 37.6 Å². The van der Waals surface area contributed by atoms with Crippen LogP contribution in [-0.2, 0) is 4.74 Å². The van der Waals surface area contributed by atoms with Gasteiger partial charge in [0.1, 0.15) is 4.88 Å². The number of benzene rings is 1. The van der Waals surface area contributed by atoms with Gasteiger partial charge in [-0.25, -0.2) is 4.79 Å². The number of nitrogens with two attached hydrogens (primary N) is 1. The molecule has 0 aliphatic rings. The largest absolute Gasteiger partial charge is 0.465 e. The van der Waals surface area contributed by atoms with Crippen LogP contribution < -0.4 is 5.73 Å². The Balaban J connectivity index is 2.62. The van der Waals surface area contributed by atoms with Crippen molar-refractivity contribution in [2.75, 3.05) is 12.8 Å². The Labute approximate surface area is 127 Å². The van der Waals surface area contributed by atoms with E-state index in [1.807, 2.05) is 24.3 Å². The second-order valence-corrected chi connectivity index (χ2v) is 6.20. The Morgan fingerprint density at radius 3 is 2.40 bits per heavy atom. The van der Waals surface area contributed by atoms with Gasteiger partial charge in [0.15, 0.2) is 0 Å². The van der Waals surface area contributed by atoms with Crippen LogP contribution >= 0.6 is 22.9 Å². The average Bonchev–Trinajstić information content (AvgIpc) is 2.76. The van der Waals surface area contributed by atoms with E-state index < -0.39 is 5.97 Å². The fourth-order valence-corrected chi connectivity index (χ4v) is 3.52. The molecule has 0 amide bonds.